The first kappa shape index (κ1) is 14.3. The largest absolute Gasteiger partial charge is 0.351 e. The zero-order valence-corrected chi connectivity index (χ0v) is 12.0. The van der Waals surface area contributed by atoms with Crippen LogP contribution in [0.1, 0.15) is 37.2 Å². The third kappa shape index (κ3) is 4.52. The van der Waals surface area contributed by atoms with Gasteiger partial charge in [-0.1, -0.05) is 6.92 Å². The number of hydrogen-bond acceptors (Lipinski definition) is 2. The fraction of sp³-hybridized carbons (Fsp3) is 0.583. The number of rotatable bonds is 6. The van der Waals surface area contributed by atoms with Crippen molar-refractivity contribution in [2.24, 2.45) is 5.73 Å². The molecule has 1 heterocycles. The van der Waals surface area contributed by atoms with Gasteiger partial charge >= 0.3 is 0 Å². The van der Waals surface area contributed by atoms with Crippen molar-refractivity contribution >= 4 is 21.8 Å². The second kappa shape index (κ2) is 6.81. The summed E-state index contributed by atoms with van der Waals surface area (Å²) in [5, 5.41) is 2.88. The molecule has 0 bridgehead atoms. The Kier molecular flexibility index (Phi) is 5.71. The number of amides is 1. The minimum absolute atomic E-state index is 0.0372. The maximum absolute atomic E-state index is 11.9. The van der Waals surface area contributed by atoms with Crippen LogP contribution in [0.3, 0.4) is 0 Å². The summed E-state index contributed by atoms with van der Waals surface area (Å²) in [7, 11) is 0. The number of aromatic nitrogens is 1. The van der Waals surface area contributed by atoms with Gasteiger partial charge in [-0.15, -0.1) is 0 Å². The van der Waals surface area contributed by atoms with E-state index in [2.05, 4.69) is 28.2 Å². The quantitative estimate of drug-likeness (QED) is 0.845. The predicted octanol–water partition coefficient (Wildman–Crippen LogP) is 2.13. The van der Waals surface area contributed by atoms with Gasteiger partial charge in [-0.3, -0.25) is 4.79 Å². The Morgan fingerprint density at radius 1 is 1.65 bits per heavy atom. The molecule has 0 saturated heterocycles. The zero-order chi connectivity index (χ0) is 12.8. The fourth-order valence-electron chi connectivity index (χ4n) is 1.60. The Morgan fingerprint density at radius 2 is 2.35 bits per heavy atom. The Morgan fingerprint density at radius 3 is 2.94 bits per heavy atom. The SMILES string of the molecule is CCCn1cc(Br)cc1C(=O)NCCC(C)N. The third-order valence-electron chi connectivity index (χ3n) is 2.45. The molecular formula is C12H20BrN3O. The van der Waals surface area contributed by atoms with Crippen LogP contribution in [0.15, 0.2) is 16.7 Å². The van der Waals surface area contributed by atoms with Crippen molar-refractivity contribution < 1.29 is 4.79 Å². The van der Waals surface area contributed by atoms with Crippen LogP contribution in [0.2, 0.25) is 0 Å². The summed E-state index contributed by atoms with van der Waals surface area (Å²) in [6, 6.07) is 1.96. The van der Waals surface area contributed by atoms with Gasteiger partial charge < -0.3 is 15.6 Å². The molecule has 0 radical (unpaired) electrons. The molecule has 1 rings (SSSR count). The van der Waals surface area contributed by atoms with Crippen LogP contribution in [-0.2, 0) is 6.54 Å². The maximum Gasteiger partial charge on any atom is 0.267 e. The molecule has 0 aliphatic rings. The molecule has 1 aromatic rings. The monoisotopic (exact) mass is 301 g/mol. The van der Waals surface area contributed by atoms with Crippen LogP contribution in [0, 0.1) is 0 Å². The van der Waals surface area contributed by atoms with Crippen LogP contribution in [0.4, 0.5) is 0 Å². The highest BCUT2D eigenvalue weighted by atomic mass is 79.9. The average Bonchev–Trinajstić information content (AvgIpc) is 2.59. The molecule has 96 valence electrons. The highest BCUT2D eigenvalue weighted by molar-refractivity contribution is 9.10. The lowest BCUT2D eigenvalue weighted by atomic mass is 10.2. The molecule has 0 saturated carbocycles. The summed E-state index contributed by atoms with van der Waals surface area (Å²) >= 11 is 3.39. The molecule has 17 heavy (non-hydrogen) atoms. The average molecular weight is 302 g/mol. The lowest BCUT2D eigenvalue weighted by molar-refractivity contribution is 0.0943. The molecule has 0 aliphatic carbocycles. The Balaban J connectivity index is 2.61. The number of hydrogen-bond donors (Lipinski definition) is 2. The van der Waals surface area contributed by atoms with E-state index in [1.165, 1.54) is 0 Å². The van der Waals surface area contributed by atoms with Crippen molar-refractivity contribution in [3.8, 4) is 0 Å². The van der Waals surface area contributed by atoms with Crippen molar-refractivity contribution in [3.05, 3.63) is 22.4 Å². The highest BCUT2D eigenvalue weighted by Crippen LogP contribution is 2.15. The van der Waals surface area contributed by atoms with Crippen LogP contribution in [0.5, 0.6) is 0 Å². The van der Waals surface area contributed by atoms with Gasteiger partial charge in [0.1, 0.15) is 5.69 Å². The molecule has 1 unspecified atom stereocenters. The van der Waals surface area contributed by atoms with Crippen molar-refractivity contribution in [2.75, 3.05) is 6.54 Å². The number of nitrogens with zero attached hydrogens (tertiary/aromatic N) is 1. The normalized spacial score (nSPS) is 12.5. The van der Waals surface area contributed by atoms with E-state index in [0.29, 0.717) is 12.2 Å². The number of nitrogens with one attached hydrogen (secondary N) is 1. The zero-order valence-electron chi connectivity index (χ0n) is 10.4. The van der Waals surface area contributed by atoms with Crippen molar-refractivity contribution in [1.82, 2.24) is 9.88 Å². The highest BCUT2D eigenvalue weighted by Gasteiger charge is 2.12. The molecule has 5 heteroatoms. The third-order valence-corrected chi connectivity index (χ3v) is 2.88. The standard InChI is InChI=1S/C12H20BrN3O/c1-3-6-16-8-10(13)7-11(16)12(17)15-5-4-9(2)14/h7-9H,3-6,14H2,1-2H3,(H,15,17). The van der Waals surface area contributed by atoms with E-state index < -0.39 is 0 Å². The van der Waals surface area contributed by atoms with Gasteiger partial charge in [-0.25, -0.2) is 0 Å². The van der Waals surface area contributed by atoms with E-state index in [1.54, 1.807) is 0 Å². The number of nitrogens with two attached hydrogens (primary N) is 1. The molecule has 1 aromatic heterocycles. The molecule has 0 spiro atoms. The summed E-state index contributed by atoms with van der Waals surface area (Å²) in [5.41, 5.74) is 6.33. The van der Waals surface area contributed by atoms with Crippen molar-refractivity contribution in [1.29, 1.82) is 0 Å². The molecular weight excluding hydrogens is 282 g/mol. The van der Waals surface area contributed by atoms with Gasteiger partial charge in [0.2, 0.25) is 0 Å². The van der Waals surface area contributed by atoms with Gasteiger partial charge in [0.05, 0.1) is 0 Å². The summed E-state index contributed by atoms with van der Waals surface area (Å²) in [6.45, 7) is 5.49. The van der Waals surface area contributed by atoms with Crippen molar-refractivity contribution in [2.45, 2.75) is 39.3 Å². The van der Waals surface area contributed by atoms with E-state index >= 15 is 0 Å². The van der Waals surface area contributed by atoms with Gasteiger partial charge in [0, 0.05) is 29.8 Å². The molecule has 1 amide bonds. The molecule has 4 nitrogen and oxygen atoms in total. The summed E-state index contributed by atoms with van der Waals surface area (Å²) in [5.74, 6) is -0.0372. The molecule has 0 fully saturated rings. The van der Waals surface area contributed by atoms with E-state index in [1.807, 2.05) is 23.8 Å². The van der Waals surface area contributed by atoms with E-state index in [9.17, 15) is 4.79 Å². The Labute approximate surface area is 111 Å². The molecule has 1 atom stereocenters. The van der Waals surface area contributed by atoms with Crippen LogP contribution in [-0.4, -0.2) is 23.1 Å². The van der Waals surface area contributed by atoms with Crippen LogP contribution >= 0.6 is 15.9 Å². The van der Waals surface area contributed by atoms with Crippen molar-refractivity contribution in [3.63, 3.8) is 0 Å². The van der Waals surface area contributed by atoms with Crippen LogP contribution in [0.25, 0.3) is 0 Å². The second-order valence-corrected chi connectivity index (χ2v) is 5.17. The number of carbonyl (C=O) groups excluding carboxylic acids is 1. The minimum atomic E-state index is -0.0372. The second-order valence-electron chi connectivity index (χ2n) is 4.26. The van der Waals surface area contributed by atoms with Crippen LogP contribution < -0.4 is 11.1 Å². The molecule has 0 aliphatic heterocycles. The van der Waals surface area contributed by atoms with Gasteiger partial charge in [0.15, 0.2) is 0 Å². The lowest BCUT2D eigenvalue weighted by Crippen LogP contribution is -2.30. The van der Waals surface area contributed by atoms with Gasteiger partial charge in [-0.2, -0.15) is 0 Å². The topological polar surface area (TPSA) is 60.0 Å². The van der Waals surface area contributed by atoms with E-state index in [-0.39, 0.29) is 11.9 Å². The smallest absolute Gasteiger partial charge is 0.267 e. The molecule has 0 aromatic carbocycles. The Hall–Kier alpha value is -0.810. The predicted molar refractivity (Wildman–Crippen MR) is 73.0 cm³/mol. The fourth-order valence-corrected chi connectivity index (χ4v) is 2.06. The van der Waals surface area contributed by atoms with Gasteiger partial charge in [0.25, 0.3) is 5.91 Å². The maximum atomic E-state index is 11.9. The van der Waals surface area contributed by atoms with E-state index in [4.69, 9.17) is 5.73 Å². The Bertz CT molecular complexity index is 374. The first-order valence-corrected chi connectivity index (χ1v) is 6.73. The lowest BCUT2D eigenvalue weighted by Gasteiger charge is -2.09. The summed E-state index contributed by atoms with van der Waals surface area (Å²) < 4.78 is 2.90. The first-order chi connectivity index (χ1) is 8.04. The number of halogens is 1. The molecule has 3 N–H and O–H groups in total. The van der Waals surface area contributed by atoms with Gasteiger partial charge in [-0.05, 0) is 41.8 Å². The summed E-state index contributed by atoms with van der Waals surface area (Å²) in [6.07, 6.45) is 3.73. The number of aryl methyl sites for hydroxylation is 1. The number of carbonyl (C=O) groups is 1. The summed E-state index contributed by atoms with van der Waals surface area (Å²) in [4.78, 5) is 11.9. The van der Waals surface area contributed by atoms with E-state index in [0.717, 1.165) is 23.9 Å². The minimum Gasteiger partial charge on any atom is -0.351 e. The first-order valence-electron chi connectivity index (χ1n) is 5.94.